The highest BCUT2D eigenvalue weighted by Crippen LogP contribution is 2.41. The number of anilines is 1. The maximum atomic E-state index is 12.7. The summed E-state index contributed by atoms with van der Waals surface area (Å²) in [6.45, 7) is 4.65. The molecule has 4 aromatic heterocycles. The average Bonchev–Trinajstić information content (AvgIpc) is 3.73. The molecular formula is C28H25BrN8O3. The van der Waals surface area contributed by atoms with Crippen LogP contribution in [0.5, 0.6) is 0 Å². The summed E-state index contributed by atoms with van der Waals surface area (Å²) in [6, 6.07) is 17.6. The van der Waals surface area contributed by atoms with Crippen LogP contribution in [0.15, 0.2) is 69.7 Å². The highest BCUT2D eigenvalue weighted by Gasteiger charge is 2.21. The number of aromatic amines is 1. The molecule has 0 atom stereocenters. The maximum Gasteiger partial charge on any atom is 0.325 e. The van der Waals surface area contributed by atoms with E-state index in [2.05, 4.69) is 52.7 Å². The Hall–Kier alpha value is -4.58. The number of nitrogens with one attached hydrogen (secondary N) is 1. The molecule has 11 nitrogen and oxygen atoms in total. The van der Waals surface area contributed by atoms with E-state index in [0.29, 0.717) is 24.7 Å². The van der Waals surface area contributed by atoms with Gasteiger partial charge in [0.2, 0.25) is 0 Å². The fourth-order valence-corrected chi connectivity index (χ4v) is 5.31. The number of carbonyl (C=O) groups excluding carboxylic acids is 1. The molecule has 6 aromatic rings. The molecule has 0 aliphatic carbocycles. The number of nitrogens with zero attached hydrogens (tertiary/aromatic N) is 7. The van der Waals surface area contributed by atoms with E-state index in [-0.39, 0.29) is 12.5 Å². The van der Waals surface area contributed by atoms with E-state index in [1.165, 1.54) is 0 Å². The molecule has 0 amide bonds. The summed E-state index contributed by atoms with van der Waals surface area (Å²) in [7, 11) is 0. The number of rotatable bonds is 9. The monoisotopic (exact) mass is 600 g/mol. The minimum Gasteiger partial charge on any atom is -0.465 e. The zero-order chi connectivity index (χ0) is 27.6. The van der Waals surface area contributed by atoms with Crippen molar-refractivity contribution >= 4 is 44.3 Å². The van der Waals surface area contributed by atoms with Gasteiger partial charge in [0, 0.05) is 40.9 Å². The number of esters is 1. The fraction of sp³-hybridized carbons (Fsp3) is 0.214. The number of halogens is 1. The van der Waals surface area contributed by atoms with Crippen molar-refractivity contribution in [2.75, 3.05) is 18.1 Å². The summed E-state index contributed by atoms with van der Waals surface area (Å²) in [5, 5.41) is 19.7. The van der Waals surface area contributed by atoms with Crippen LogP contribution in [0.3, 0.4) is 0 Å². The lowest BCUT2D eigenvalue weighted by Gasteiger charge is -2.25. The Morgan fingerprint density at radius 2 is 1.98 bits per heavy atom. The number of furan rings is 1. The molecule has 12 heteroatoms. The Bertz CT molecular complexity index is 1810. The molecule has 6 rings (SSSR count). The minimum atomic E-state index is -0.316. The van der Waals surface area contributed by atoms with Gasteiger partial charge in [-0.25, -0.2) is 10.1 Å². The fourth-order valence-electron chi connectivity index (χ4n) is 4.70. The first-order valence-electron chi connectivity index (χ1n) is 12.8. The van der Waals surface area contributed by atoms with Crippen molar-refractivity contribution in [1.82, 2.24) is 35.2 Å². The van der Waals surface area contributed by atoms with E-state index in [4.69, 9.17) is 9.15 Å². The van der Waals surface area contributed by atoms with Crippen molar-refractivity contribution in [2.24, 2.45) is 0 Å². The molecule has 1 N–H and O–H groups in total. The van der Waals surface area contributed by atoms with Crippen LogP contribution in [-0.2, 0) is 22.5 Å². The number of aryl methyl sites for hydroxylation is 1. The summed E-state index contributed by atoms with van der Waals surface area (Å²) in [6.07, 6.45) is 2.46. The first kappa shape index (κ1) is 25.7. The molecule has 202 valence electrons. The van der Waals surface area contributed by atoms with Crippen LogP contribution in [-0.4, -0.2) is 54.3 Å². The Kier molecular flexibility index (Phi) is 6.99. The topological polar surface area (TPSA) is 127 Å². The van der Waals surface area contributed by atoms with E-state index >= 15 is 0 Å². The maximum absolute atomic E-state index is 12.7. The number of ether oxygens (including phenoxy) is 1. The molecular weight excluding hydrogens is 576 g/mol. The molecule has 0 saturated heterocycles. The van der Waals surface area contributed by atoms with Crippen LogP contribution in [0.4, 0.5) is 5.82 Å². The number of tetrazole rings is 1. The van der Waals surface area contributed by atoms with Crippen LogP contribution >= 0.6 is 15.9 Å². The number of H-pyrrole nitrogens is 1. The quantitative estimate of drug-likeness (QED) is 0.222. The number of benzene rings is 2. The van der Waals surface area contributed by atoms with Crippen LogP contribution < -0.4 is 4.90 Å². The second-order valence-corrected chi connectivity index (χ2v) is 9.89. The van der Waals surface area contributed by atoms with Crippen molar-refractivity contribution in [3.8, 4) is 22.7 Å². The van der Waals surface area contributed by atoms with E-state index in [0.717, 1.165) is 55.7 Å². The van der Waals surface area contributed by atoms with Gasteiger partial charge in [0.05, 0.1) is 17.3 Å². The van der Waals surface area contributed by atoms with E-state index < -0.39 is 0 Å². The van der Waals surface area contributed by atoms with Crippen LogP contribution in [0, 0.1) is 0 Å². The lowest BCUT2D eigenvalue weighted by atomic mass is 10.0. The van der Waals surface area contributed by atoms with Gasteiger partial charge in [0.15, 0.2) is 11.5 Å². The van der Waals surface area contributed by atoms with Crippen molar-refractivity contribution in [3.05, 3.63) is 76.5 Å². The highest BCUT2D eigenvalue weighted by molar-refractivity contribution is 9.10. The SMILES string of the molecule is CCOC(=O)CN(Cc1ccc2oc(-c3ccccc3-c3nnn[nH]3)c(Br)c2c1)c1cc(CC)nc2ccnn12. The number of hydrogen-bond donors (Lipinski definition) is 1. The van der Waals surface area contributed by atoms with Crippen LogP contribution in [0.2, 0.25) is 0 Å². The van der Waals surface area contributed by atoms with Gasteiger partial charge < -0.3 is 14.1 Å². The van der Waals surface area contributed by atoms with Gasteiger partial charge in [-0.2, -0.15) is 9.61 Å². The summed E-state index contributed by atoms with van der Waals surface area (Å²) in [5.74, 6) is 1.67. The first-order chi connectivity index (χ1) is 19.6. The Balaban J connectivity index is 1.40. The Morgan fingerprint density at radius 3 is 2.75 bits per heavy atom. The molecule has 0 radical (unpaired) electrons. The van der Waals surface area contributed by atoms with E-state index in [9.17, 15) is 4.79 Å². The third-order valence-corrected chi connectivity index (χ3v) is 7.33. The predicted molar refractivity (Wildman–Crippen MR) is 153 cm³/mol. The number of carbonyl (C=O) groups is 1. The van der Waals surface area contributed by atoms with Gasteiger partial charge in [-0.3, -0.25) is 4.79 Å². The molecule has 2 aromatic carbocycles. The second-order valence-electron chi connectivity index (χ2n) is 9.09. The molecule has 0 aliphatic heterocycles. The Labute approximate surface area is 237 Å². The third kappa shape index (κ3) is 4.81. The van der Waals surface area contributed by atoms with Gasteiger partial charge in [-0.1, -0.05) is 37.3 Å². The van der Waals surface area contributed by atoms with Crippen molar-refractivity contribution in [3.63, 3.8) is 0 Å². The number of aromatic nitrogens is 7. The number of fused-ring (bicyclic) bond motifs is 2. The third-order valence-electron chi connectivity index (χ3n) is 6.54. The van der Waals surface area contributed by atoms with Crippen LogP contribution in [0.25, 0.3) is 39.3 Å². The zero-order valence-electron chi connectivity index (χ0n) is 21.8. The molecule has 0 spiro atoms. The lowest BCUT2D eigenvalue weighted by Crippen LogP contribution is -2.32. The van der Waals surface area contributed by atoms with Crippen molar-refractivity contribution in [1.29, 1.82) is 0 Å². The van der Waals surface area contributed by atoms with Gasteiger partial charge in [0.1, 0.15) is 23.7 Å². The minimum absolute atomic E-state index is 0.0599. The number of hydrogen-bond acceptors (Lipinski definition) is 9. The van der Waals surface area contributed by atoms with Crippen molar-refractivity contribution in [2.45, 2.75) is 26.8 Å². The van der Waals surface area contributed by atoms with Gasteiger partial charge in [-0.05, 0) is 57.4 Å². The van der Waals surface area contributed by atoms with Gasteiger partial charge >= 0.3 is 5.97 Å². The van der Waals surface area contributed by atoms with Crippen molar-refractivity contribution < 1.29 is 13.9 Å². The highest BCUT2D eigenvalue weighted by atomic mass is 79.9. The summed E-state index contributed by atoms with van der Waals surface area (Å²) < 4.78 is 14.2. The zero-order valence-corrected chi connectivity index (χ0v) is 23.4. The summed E-state index contributed by atoms with van der Waals surface area (Å²) in [4.78, 5) is 19.3. The standard InChI is InChI=1S/C28H25BrN8O3/c1-3-18-14-24(37-23(31-18)11-12-30-37)36(16-25(38)39-4-2)15-17-9-10-22-21(13-17)26(29)27(40-22)19-7-5-6-8-20(19)28-32-34-35-33-28/h5-14H,3-4,15-16H2,1-2H3,(H,32,33,34,35). The molecule has 40 heavy (non-hydrogen) atoms. The first-order valence-corrected chi connectivity index (χ1v) is 13.6. The molecule has 0 unspecified atom stereocenters. The van der Waals surface area contributed by atoms with Gasteiger partial charge in [0.25, 0.3) is 0 Å². The summed E-state index contributed by atoms with van der Waals surface area (Å²) >= 11 is 3.77. The van der Waals surface area contributed by atoms with Gasteiger partial charge in [-0.15, -0.1) is 5.10 Å². The van der Waals surface area contributed by atoms with E-state index in [1.54, 1.807) is 17.6 Å². The smallest absolute Gasteiger partial charge is 0.325 e. The second kappa shape index (κ2) is 10.9. The van der Waals surface area contributed by atoms with Crippen LogP contribution in [0.1, 0.15) is 25.1 Å². The largest absolute Gasteiger partial charge is 0.465 e. The molecule has 0 aliphatic rings. The average molecular weight is 601 g/mol. The predicted octanol–water partition coefficient (Wildman–Crippen LogP) is 5.22. The molecule has 0 fully saturated rings. The molecule has 0 bridgehead atoms. The molecule has 0 saturated carbocycles. The van der Waals surface area contributed by atoms with E-state index in [1.807, 2.05) is 60.4 Å². The Morgan fingerprint density at radius 1 is 1.12 bits per heavy atom. The summed E-state index contributed by atoms with van der Waals surface area (Å²) in [5.41, 5.74) is 5.00. The molecule has 4 heterocycles. The lowest BCUT2D eigenvalue weighted by molar-refractivity contribution is -0.141. The normalized spacial score (nSPS) is 11.4.